The lowest BCUT2D eigenvalue weighted by Gasteiger charge is -2.45. The SMILES string of the molecule is C=CCO[C@H]1[C@H](OCC=C)[C@@H](OCC=C)C(OC(C)C)O[C@@H]1CO. The number of rotatable bonds is 12. The molecule has 1 heterocycles. The van der Waals surface area contributed by atoms with Gasteiger partial charge in [0.1, 0.15) is 24.4 Å². The monoisotopic (exact) mass is 342 g/mol. The van der Waals surface area contributed by atoms with Gasteiger partial charge < -0.3 is 28.8 Å². The molecule has 0 spiro atoms. The average molecular weight is 342 g/mol. The zero-order valence-electron chi connectivity index (χ0n) is 14.6. The highest BCUT2D eigenvalue weighted by molar-refractivity contribution is 4.94. The molecule has 138 valence electrons. The Bertz CT molecular complexity index is 384. The first kappa shape index (κ1) is 21.0. The quantitative estimate of drug-likeness (QED) is 0.546. The molecule has 1 saturated heterocycles. The Hall–Kier alpha value is -1.02. The molecule has 0 radical (unpaired) electrons. The topological polar surface area (TPSA) is 66.4 Å². The van der Waals surface area contributed by atoms with Gasteiger partial charge in [0.25, 0.3) is 0 Å². The smallest absolute Gasteiger partial charge is 0.187 e. The van der Waals surface area contributed by atoms with Crippen LogP contribution in [-0.2, 0) is 23.7 Å². The van der Waals surface area contributed by atoms with E-state index in [0.29, 0.717) is 19.8 Å². The lowest BCUT2D eigenvalue weighted by Crippen LogP contribution is -2.62. The standard InChI is InChI=1S/C18H30O6/c1-6-9-20-15-14(12-19)24-18(23-13(4)5)17(22-11-8-3)16(15)21-10-7-2/h6-8,13-19H,1-3,9-12H2,4-5H3/t14-,15-,16+,17-,18?/m1/s1. The molecule has 1 N–H and O–H groups in total. The molecule has 24 heavy (non-hydrogen) atoms. The minimum absolute atomic E-state index is 0.0742. The Balaban J connectivity index is 3.05. The molecule has 6 nitrogen and oxygen atoms in total. The average Bonchev–Trinajstić information content (AvgIpc) is 2.56. The molecule has 0 aromatic carbocycles. The van der Waals surface area contributed by atoms with E-state index in [2.05, 4.69) is 19.7 Å². The van der Waals surface area contributed by atoms with Crippen LogP contribution in [0, 0.1) is 0 Å². The minimum atomic E-state index is -0.680. The highest BCUT2D eigenvalue weighted by atomic mass is 16.7. The van der Waals surface area contributed by atoms with E-state index in [1.807, 2.05) is 13.8 Å². The summed E-state index contributed by atoms with van der Waals surface area (Å²) in [5.41, 5.74) is 0. The van der Waals surface area contributed by atoms with Crippen molar-refractivity contribution in [1.29, 1.82) is 0 Å². The normalized spacial score (nSPS) is 30.2. The summed E-state index contributed by atoms with van der Waals surface area (Å²) in [6, 6.07) is 0. The fourth-order valence-electron chi connectivity index (χ4n) is 2.51. The molecule has 6 heteroatoms. The Labute approximate surface area is 144 Å². The van der Waals surface area contributed by atoms with Crippen LogP contribution in [-0.4, -0.2) is 68.3 Å². The molecule has 5 atom stereocenters. The van der Waals surface area contributed by atoms with Gasteiger partial charge in [-0.25, -0.2) is 0 Å². The fraction of sp³-hybridized carbons (Fsp3) is 0.667. The van der Waals surface area contributed by atoms with Crippen LogP contribution in [0.4, 0.5) is 0 Å². The molecule has 0 aromatic heterocycles. The molecule has 1 fully saturated rings. The number of hydrogen-bond donors (Lipinski definition) is 1. The van der Waals surface area contributed by atoms with Crippen molar-refractivity contribution in [2.45, 2.75) is 50.7 Å². The van der Waals surface area contributed by atoms with Crippen LogP contribution in [0.3, 0.4) is 0 Å². The van der Waals surface area contributed by atoms with Crippen LogP contribution < -0.4 is 0 Å². The summed E-state index contributed by atoms with van der Waals surface area (Å²) in [6.45, 7) is 15.5. The van der Waals surface area contributed by atoms with Gasteiger partial charge >= 0.3 is 0 Å². The molecule has 0 aliphatic carbocycles. The van der Waals surface area contributed by atoms with Gasteiger partial charge in [-0.3, -0.25) is 0 Å². The van der Waals surface area contributed by atoms with Crippen molar-refractivity contribution in [3.8, 4) is 0 Å². The summed E-state index contributed by atoms with van der Waals surface area (Å²) >= 11 is 0. The van der Waals surface area contributed by atoms with E-state index in [4.69, 9.17) is 23.7 Å². The van der Waals surface area contributed by atoms with Crippen molar-refractivity contribution >= 4 is 0 Å². The second-order valence-corrected chi connectivity index (χ2v) is 5.67. The van der Waals surface area contributed by atoms with Gasteiger partial charge in [-0.15, -0.1) is 19.7 Å². The van der Waals surface area contributed by atoms with Gasteiger partial charge in [0.15, 0.2) is 6.29 Å². The van der Waals surface area contributed by atoms with Gasteiger partial charge in [-0.05, 0) is 13.8 Å². The van der Waals surface area contributed by atoms with E-state index in [1.165, 1.54) is 0 Å². The zero-order valence-corrected chi connectivity index (χ0v) is 14.6. The minimum Gasteiger partial charge on any atom is -0.394 e. The zero-order chi connectivity index (χ0) is 17.9. The maximum atomic E-state index is 9.70. The second-order valence-electron chi connectivity index (χ2n) is 5.67. The number of ether oxygens (including phenoxy) is 5. The number of aliphatic hydroxyl groups is 1. The summed E-state index contributed by atoms with van der Waals surface area (Å²) in [7, 11) is 0. The van der Waals surface area contributed by atoms with Crippen molar-refractivity contribution in [3.05, 3.63) is 38.0 Å². The van der Waals surface area contributed by atoms with Crippen molar-refractivity contribution in [1.82, 2.24) is 0 Å². The molecule has 1 aliphatic heterocycles. The lowest BCUT2D eigenvalue weighted by atomic mass is 9.98. The number of hydrogen-bond acceptors (Lipinski definition) is 6. The third kappa shape index (κ3) is 6.12. The van der Waals surface area contributed by atoms with Crippen LogP contribution in [0.15, 0.2) is 38.0 Å². The molecule has 1 aliphatic rings. The maximum absolute atomic E-state index is 9.70. The summed E-state index contributed by atoms with van der Waals surface area (Å²) in [5, 5.41) is 9.70. The van der Waals surface area contributed by atoms with Crippen LogP contribution in [0.1, 0.15) is 13.8 Å². The van der Waals surface area contributed by atoms with Crippen LogP contribution >= 0.6 is 0 Å². The predicted molar refractivity (Wildman–Crippen MR) is 91.8 cm³/mol. The highest BCUT2D eigenvalue weighted by Gasteiger charge is 2.48. The van der Waals surface area contributed by atoms with Crippen molar-refractivity contribution in [3.63, 3.8) is 0 Å². The maximum Gasteiger partial charge on any atom is 0.187 e. The highest BCUT2D eigenvalue weighted by Crippen LogP contribution is 2.29. The summed E-state index contributed by atoms with van der Waals surface area (Å²) in [4.78, 5) is 0. The van der Waals surface area contributed by atoms with Crippen molar-refractivity contribution in [2.24, 2.45) is 0 Å². The van der Waals surface area contributed by atoms with E-state index in [9.17, 15) is 5.11 Å². The molecular weight excluding hydrogens is 312 g/mol. The van der Waals surface area contributed by atoms with E-state index < -0.39 is 30.7 Å². The lowest BCUT2D eigenvalue weighted by molar-refractivity contribution is -0.324. The molecule has 0 saturated carbocycles. The Morgan fingerprint density at radius 3 is 1.88 bits per heavy atom. The largest absolute Gasteiger partial charge is 0.394 e. The Morgan fingerprint density at radius 1 is 0.917 bits per heavy atom. The van der Waals surface area contributed by atoms with Crippen molar-refractivity contribution < 1.29 is 28.8 Å². The molecule has 0 bridgehead atoms. The van der Waals surface area contributed by atoms with Gasteiger partial charge in [0, 0.05) is 0 Å². The fourth-order valence-corrected chi connectivity index (χ4v) is 2.51. The Morgan fingerprint density at radius 2 is 1.42 bits per heavy atom. The first-order valence-electron chi connectivity index (χ1n) is 8.18. The number of aliphatic hydroxyl groups excluding tert-OH is 1. The summed E-state index contributed by atoms with van der Waals surface area (Å²) in [5.74, 6) is 0. The summed E-state index contributed by atoms with van der Waals surface area (Å²) < 4.78 is 29.2. The van der Waals surface area contributed by atoms with Gasteiger partial charge in [-0.1, -0.05) is 18.2 Å². The van der Waals surface area contributed by atoms with E-state index in [0.717, 1.165) is 0 Å². The first-order chi connectivity index (χ1) is 11.6. The molecule has 0 aromatic rings. The van der Waals surface area contributed by atoms with Gasteiger partial charge in [-0.2, -0.15) is 0 Å². The third-order valence-corrected chi connectivity index (χ3v) is 3.40. The van der Waals surface area contributed by atoms with E-state index in [-0.39, 0.29) is 12.7 Å². The third-order valence-electron chi connectivity index (χ3n) is 3.40. The van der Waals surface area contributed by atoms with Gasteiger partial charge in [0.05, 0.1) is 32.5 Å². The van der Waals surface area contributed by atoms with Crippen LogP contribution in [0.5, 0.6) is 0 Å². The molecule has 0 amide bonds. The summed E-state index contributed by atoms with van der Waals surface area (Å²) in [6.07, 6.45) is 2.05. The first-order valence-corrected chi connectivity index (χ1v) is 8.18. The molecule has 1 rings (SSSR count). The van der Waals surface area contributed by atoms with E-state index in [1.54, 1.807) is 18.2 Å². The molecule has 1 unspecified atom stereocenters. The van der Waals surface area contributed by atoms with Crippen molar-refractivity contribution in [2.75, 3.05) is 26.4 Å². The van der Waals surface area contributed by atoms with Crippen LogP contribution in [0.25, 0.3) is 0 Å². The second kappa shape index (κ2) is 11.5. The van der Waals surface area contributed by atoms with E-state index >= 15 is 0 Å². The molecular formula is C18H30O6. The predicted octanol–water partition coefficient (Wildman–Crippen LogP) is 1.84. The van der Waals surface area contributed by atoms with Gasteiger partial charge in [0.2, 0.25) is 0 Å². The Kier molecular flexibility index (Phi) is 10.1. The van der Waals surface area contributed by atoms with Crippen LogP contribution in [0.2, 0.25) is 0 Å².